The lowest BCUT2D eigenvalue weighted by Crippen LogP contribution is -2.31. The number of likely N-dealkylation sites (tertiary alicyclic amines) is 1. The van der Waals surface area contributed by atoms with Gasteiger partial charge >= 0.3 is 0 Å². The van der Waals surface area contributed by atoms with Crippen molar-refractivity contribution in [3.8, 4) is 0 Å². The highest BCUT2D eigenvalue weighted by Crippen LogP contribution is 2.12. The average Bonchev–Trinajstić information content (AvgIpc) is 2.93. The Hall–Kier alpha value is -2.17. The summed E-state index contributed by atoms with van der Waals surface area (Å²) >= 11 is 0. The minimum absolute atomic E-state index is 0.0212. The van der Waals surface area contributed by atoms with Gasteiger partial charge in [0.1, 0.15) is 6.42 Å². The topological polar surface area (TPSA) is 66.5 Å². The second-order valence-electron chi connectivity index (χ2n) is 4.95. The van der Waals surface area contributed by atoms with Crippen LogP contribution in [-0.4, -0.2) is 35.6 Å². The third kappa shape index (κ3) is 3.66. The zero-order valence-corrected chi connectivity index (χ0v) is 11.5. The lowest BCUT2D eigenvalue weighted by atomic mass is 10.1. The number of hydrogen-bond acceptors (Lipinski definition) is 3. The Labute approximate surface area is 118 Å². The van der Waals surface area contributed by atoms with E-state index in [1.165, 1.54) is 6.92 Å². The molecule has 1 aliphatic heterocycles. The van der Waals surface area contributed by atoms with E-state index in [4.69, 9.17) is 0 Å². The number of hydrogen-bond donors (Lipinski definition) is 1. The third-order valence-electron chi connectivity index (χ3n) is 3.35. The number of nitrogens with one attached hydrogen (secondary N) is 1. The summed E-state index contributed by atoms with van der Waals surface area (Å²) in [7, 11) is 0. The molecule has 2 amide bonds. The molecule has 20 heavy (non-hydrogen) atoms. The molecule has 0 aromatic heterocycles. The molecule has 1 fully saturated rings. The molecule has 5 heteroatoms. The fourth-order valence-corrected chi connectivity index (χ4v) is 2.21. The smallest absolute Gasteiger partial charge is 0.233 e. The van der Waals surface area contributed by atoms with Crippen LogP contribution >= 0.6 is 0 Å². The fraction of sp³-hybridized carbons (Fsp3) is 0.400. The van der Waals surface area contributed by atoms with E-state index >= 15 is 0 Å². The van der Waals surface area contributed by atoms with Gasteiger partial charge in [0, 0.05) is 24.3 Å². The number of amides is 2. The van der Waals surface area contributed by atoms with Gasteiger partial charge in [0.15, 0.2) is 5.78 Å². The van der Waals surface area contributed by atoms with E-state index < -0.39 is 0 Å². The Bertz CT molecular complexity index is 516. The number of Topliss-reactive ketones (excluding diaryl/α,β-unsaturated/α-hetero) is 1. The minimum atomic E-state index is -0.322. The van der Waals surface area contributed by atoms with Crippen molar-refractivity contribution in [3.05, 3.63) is 29.8 Å². The summed E-state index contributed by atoms with van der Waals surface area (Å²) in [6, 6.07) is 6.63. The average molecular weight is 274 g/mol. The monoisotopic (exact) mass is 274 g/mol. The Balaban J connectivity index is 1.87. The Morgan fingerprint density at radius 1 is 1.10 bits per heavy atom. The summed E-state index contributed by atoms with van der Waals surface area (Å²) in [6.45, 7) is 2.99. The number of nitrogens with zero attached hydrogens (tertiary/aromatic N) is 1. The van der Waals surface area contributed by atoms with E-state index in [-0.39, 0.29) is 24.0 Å². The van der Waals surface area contributed by atoms with Crippen molar-refractivity contribution < 1.29 is 14.4 Å². The molecule has 2 rings (SSSR count). The van der Waals surface area contributed by atoms with Crippen molar-refractivity contribution in [2.75, 3.05) is 18.4 Å². The van der Waals surface area contributed by atoms with Crippen LogP contribution in [0.5, 0.6) is 0 Å². The van der Waals surface area contributed by atoms with E-state index in [0.717, 1.165) is 25.9 Å². The first-order valence-electron chi connectivity index (χ1n) is 6.75. The van der Waals surface area contributed by atoms with Crippen LogP contribution in [0.15, 0.2) is 24.3 Å². The highest BCUT2D eigenvalue weighted by molar-refractivity contribution is 6.03. The van der Waals surface area contributed by atoms with Crippen LogP contribution in [0.4, 0.5) is 5.69 Å². The van der Waals surface area contributed by atoms with Crippen LogP contribution in [0.25, 0.3) is 0 Å². The van der Waals surface area contributed by atoms with E-state index in [0.29, 0.717) is 11.3 Å². The number of rotatable bonds is 4. The van der Waals surface area contributed by atoms with Gasteiger partial charge in [-0.25, -0.2) is 0 Å². The Morgan fingerprint density at radius 2 is 1.70 bits per heavy atom. The first-order valence-corrected chi connectivity index (χ1v) is 6.75. The van der Waals surface area contributed by atoms with Crippen LogP contribution in [-0.2, 0) is 9.59 Å². The zero-order valence-electron chi connectivity index (χ0n) is 11.5. The molecule has 106 valence electrons. The van der Waals surface area contributed by atoms with Crippen LogP contribution in [0.1, 0.15) is 36.5 Å². The lowest BCUT2D eigenvalue weighted by molar-refractivity contribution is -0.133. The van der Waals surface area contributed by atoms with Crippen molar-refractivity contribution in [1.82, 2.24) is 4.90 Å². The van der Waals surface area contributed by atoms with E-state index in [1.54, 1.807) is 29.2 Å². The molecule has 0 radical (unpaired) electrons. The van der Waals surface area contributed by atoms with Gasteiger partial charge in [0.05, 0.1) is 0 Å². The normalized spacial score (nSPS) is 14.2. The summed E-state index contributed by atoms with van der Waals surface area (Å²) in [5.74, 6) is -0.468. The molecule has 1 aliphatic rings. The lowest BCUT2D eigenvalue weighted by Gasteiger charge is -2.14. The maximum absolute atomic E-state index is 11.8. The molecule has 0 aliphatic carbocycles. The molecular weight excluding hydrogens is 256 g/mol. The molecule has 0 bridgehead atoms. The summed E-state index contributed by atoms with van der Waals surface area (Å²) < 4.78 is 0. The fourth-order valence-electron chi connectivity index (χ4n) is 2.21. The number of ketones is 1. The summed E-state index contributed by atoms with van der Waals surface area (Å²) in [5.41, 5.74) is 1.19. The predicted molar refractivity (Wildman–Crippen MR) is 75.5 cm³/mol. The second-order valence-corrected chi connectivity index (χ2v) is 4.95. The first-order chi connectivity index (χ1) is 9.56. The van der Waals surface area contributed by atoms with E-state index in [9.17, 15) is 14.4 Å². The summed E-state index contributed by atoms with van der Waals surface area (Å²) in [6.07, 6.45) is 1.90. The molecule has 0 atom stereocenters. The van der Waals surface area contributed by atoms with Gasteiger partial charge < -0.3 is 10.2 Å². The summed E-state index contributed by atoms with van der Waals surface area (Å²) in [5, 5.41) is 2.66. The molecule has 0 saturated carbocycles. The molecular formula is C15H18N2O3. The van der Waals surface area contributed by atoms with Crippen molar-refractivity contribution >= 4 is 23.3 Å². The molecule has 1 aromatic carbocycles. The minimum Gasteiger partial charge on any atom is -0.342 e. The van der Waals surface area contributed by atoms with Gasteiger partial charge in [-0.2, -0.15) is 0 Å². The molecule has 5 nitrogen and oxygen atoms in total. The second kappa shape index (κ2) is 6.32. The van der Waals surface area contributed by atoms with Crippen LogP contribution in [0.3, 0.4) is 0 Å². The van der Waals surface area contributed by atoms with Crippen molar-refractivity contribution in [1.29, 1.82) is 0 Å². The molecule has 0 spiro atoms. The maximum Gasteiger partial charge on any atom is 0.233 e. The van der Waals surface area contributed by atoms with Gasteiger partial charge in [-0.15, -0.1) is 0 Å². The van der Waals surface area contributed by atoms with Gasteiger partial charge in [0.25, 0.3) is 0 Å². The van der Waals surface area contributed by atoms with Crippen molar-refractivity contribution in [3.63, 3.8) is 0 Å². The molecule has 1 saturated heterocycles. The quantitative estimate of drug-likeness (QED) is 0.673. The third-order valence-corrected chi connectivity index (χ3v) is 3.35. The highest BCUT2D eigenvalue weighted by Gasteiger charge is 2.20. The Kier molecular flexibility index (Phi) is 4.50. The van der Waals surface area contributed by atoms with E-state index in [2.05, 4.69) is 5.32 Å². The Morgan fingerprint density at radius 3 is 2.25 bits per heavy atom. The van der Waals surface area contributed by atoms with Gasteiger partial charge in [-0.05, 0) is 44.0 Å². The van der Waals surface area contributed by atoms with Gasteiger partial charge in [0.2, 0.25) is 11.8 Å². The SMILES string of the molecule is CC(=O)c1ccc(NC(=O)CC(=O)N2CCCC2)cc1. The van der Waals surface area contributed by atoms with Crippen LogP contribution in [0, 0.1) is 0 Å². The van der Waals surface area contributed by atoms with Crippen LogP contribution < -0.4 is 5.32 Å². The van der Waals surface area contributed by atoms with Crippen molar-refractivity contribution in [2.45, 2.75) is 26.2 Å². The highest BCUT2D eigenvalue weighted by atomic mass is 16.2. The molecule has 1 heterocycles. The molecule has 1 aromatic rings. The number of benzene rings is 1. The number of anilines is 1. The predicted octanol–water partition coefficient (Wildman–Crippen LogP) is 1.84. The standard InChI is InChI=1S/C15H18N2O3/c1-11(18)12-4-6-13(7-5-12)16-14(19)10-15(20)17-8-2-3-9-17/h4-7H,2-3,8-10H2,1H3,(H,16,19). The molecule has 1 N–H and O–H groups in total. The number of carbonyl (C=O) groups is 3. The summed E-state index contributed by atoms with van der Waals surface area (Å²) in [4.78, 5) is 36.4. The first kappa shape index (κ1) is 14.2. The van der Waals surface area contributed by atoms with Crippen LogP contribution in [0.2, 0.25) is 0 Å². The zero-order chi connectivity index (χ0) is 14.5. The van der Waals surface area contributed by atoms with Gasteiger partial charge in [-0.3, -0.25) is 14.4 Å². The number of carbonyl (C=O) groups excluding carboxylic acids is 3. The van der Waals surface area contributed by atoms with E-state index in [1.807, 2.05) is 0 Å². The van der Waals surface area contributed by atoms with Crippen molar-refractivity contribution in [2.24, 2.45) is 0 Å². The largest absolute Gasteiger partial charge is 0.342 e. The maximum atomic E-state index is 11.8. The van der Waals surface area contributed by atoms with Gasteiger partial charge in [-0.1, -0.05) is 0 Å². The molecule has 0 unspecified atom stereocenters.